The molecule has 1 heterocycles. The van der Waals surface area contributed by atoms with E-state index in [2.05, 4.69) is 19.2 Å². The van der Waals surface area contributed by atoms with E-state index in [4.69, 9.17) is 4.74 Å². The van der Waals surface area contributed by atoms with Crippen molar-refractivity contribution in [3.8, 4) is 0 Å². The Morgan fingerprint density at radius 1 is 1.11 bits per heavy atom. The lowest BCUT2D eigenvalue weighted by Gasteiger charge is -2.33. The topological polar surface area (TPSA) is 41.5 Å². The van der Waals surface area contributed by atoms with Crippen LogP contribution in [-0.2, 0) is 4.74 Å². The third-order valence-electron chi connectivity index (χ3n) is 4.62. The van der Waals surface area contributed by atoms with Crippen molar-refractivity contribution in [1.29, 1.82) is 0 Å². The summed E-state index contributed by atoms with van der Waals surface area (Å²) in [7, 11) is 0. The lowest BCUT2D eigenvalue weighted by atomic mass is 9.82. The molecule has 3 atom stereocenters. The molecule has 3 heteroatoms. The van der Waals surface area contributed by atoms with Gasteiger partial charge in [-0.25, -0.2) is 0 Å². The molecular weight excluding hydrogens is 238 g/mol. The van der Waals surface area contributed by atoms with Gasteiger partial charge in [-0.1, -0.05) is 46.0 Å². The molecule has 1 saturated carbocycles. The molecule has 1 aliphatic carbocycles. The Morgan fingerprint density at radius 3 is 2.42 bits per heavy atom. The van der Waals surface area contributed by atoms with Crippen LogP contribution in [-0.4, -0.2) is 36.0 Å². The molecule has 2 N–H and O–H groups in total. The number of rotatable bonds is 6. The van der Waals surface area contributed by atoms with Gasteiger partial charge in [-0.15, -0.1) is 0 Å². The largest absolute Gasteiger partial charge is 0.389 e. The number of ether oxygens (including phenoxy) is 1. The van der Waals surface area contributed by atoms with Crippen molar-refractivity contribution in [2.24, 2.45) is 5.92 Å². The molecule has 0 spiro atoms. The lowest BCUT2D eigenvalue weighted by Crippen LogP contribution is -2.49. The monoisotopic (exact) mass is 269 g/mol. The van der Waals surface area contributed by atoms with E-state index in [9.17, 15) is 5.11 Å². The zero-order valence-corrected chi connectivity index (χ0v) is 12.6. The number of hydrogen-bond donors (Lipinski definition) is 2. The highest BCUT2D eigenvalue weighted by Gasteiger charge is 2.32. The fraction of sp³-hybridized carbons (Fsp3) is 1.00. The highest BCUT2D eigenvalue weighted by molar-refractivity contribution is 4.87. The summed E-state index contributed by atoms with van der Waals surface area (Å²) < 4.78 is 5.68. The minimum atomic E-state index is -0.341. The van der Waals surface area contributed by atoms with E-state index in [1.165, 1.54) is 32.1 Å². The van der Waals surface area contributed by atoms with Crippen molar-refractivity contribution in [3.05, 3.63) is 0 Å². The second-order valence-electron chi connectivity index (χ2n) is 6.71. The molecule has 2 fully saturated rings. The van der Waals surface area contributed by atoms with Crippen molar-refractivity contribution in [1.82, 2.24) is 5.32 Å². The van der Waals surface area contributed by atoms with Gasteiger partial charge < -0.3 is 15.2 Å². The molecule has 2 aliphatic rings. The molecule has 0 bridgehead atoms. The molecule has 2 rings (SSSR count). The average molecular weight is 269 g/mol. The molecule has 112 valence electrons. The fourth-order valence-electron chi connectivity index (χ4n) is 3.65. The minimum Gasteiger partial charge on any atom is -0.389 e. The van der Waals surface area contributed by atoms with Crippen LogP contribution >= 0.6 is 0 Å². The zero-order valence-electron chi connectivity index (χ0n) is 12.6. The van der Waals surface area contributed by atoms with Crippen molar-refractivity contribution < 1.29 is 9.84 Å². The molecule has 1 aliphatic heterocycles. The molecule has 3 nitrogen and oxygen atoms in total. The summed E-state index contributed by atoms with van der Waals surface area (Å²) in [6.07, 6.45) is 9.76. The predicted molar refractivity (Wildman–Crippen MR) is 78.2 cm³/mol. The molecular formula is C16H31NO2. The summed E-state index contributed by atoms with van der Waals surface area (Å²) in [5.74, 6) is 0.793. The van der Waals surface area contributed by atoms with Crippen molar-refractivity contribution in [3.63, 3.8) is 0 Å². The predicted octanol–water partition coefficient (Wildman–Crippen LogP) is 2.86. The van der Waals surface area contributed by atoms with Gasteiger partial charge in [0.05, 0.1) is 12.2 Å². The summed E-state index contributed by atoms with van der Waals surface area (Å²) in [5.41, 5.74) is 0. The summed E-state index contributed by atoms with van der Waals surface area (Å²) >= 11 is 0. The number of nitrogens with one attached hydrogen (secondary N) is 1. The first-order valence-electron chi connectivity index (χ1n) is 8.22. The maximum atomic E-state index is 10.6. The Balaban J connectivity index is 1.89. The molecule has 0 aromatic rings. The smallest absolute Gasteiger partial charge is 0.0954 e. The van der Waals surface area contributed by atoms with Crippen molar-refractivity contribution >= 4 is 0 Å². The van der Waals surface area contributed by atoms with Gasteiger partial charge in [0.15, 0.2) is 0 Å². The number of aliphatic hydroxyl groups excluding tert-OH is 1. The Labute approximate surface area is 118 Å². The molecule has 0 amide bonds. The van der Waals surface area contributed by atoms with Crippen LogP contribution in [0.2, 0.25) is 0 Å². The van der Waals surface area contributed by atoms with Crippen molar-refractivity contribution in [2.45, 2.75) is 89.5 Å². The first-order valence-corrected chi connectivity index (χ1v) is 8.22. The van der Waals surface area contributed by atoms with Gasteiger partial charge in [-0.2, -0.15) is 0 Å². The molecule has 0 aromatic heterocycles. The van der Waals surface area contributed by atoms with E-state index >= 15 is 0 Å². The molecule has 0 unspecified atom stereocenters. The van der Waals surface area contributed by atoms with Crippen LogP contribution in [0.4, 0.5) is 0 Å². The number of aliphatic hydroxyl groups is 1. The van der Waals surface area contributed by atoms with Gasteiger partial charge >= 0.3 is 0 Å². The standard InChI is InChI=1S/C16H31NO2/c1-12(2)17-14(11-13-7-4-3-5-8-13)16(18)15-9-6-10-19-15/h12-18H,3-11H2,1-2H3/t14-,15-,16+/m0/s1. The Kier molecular flexibility index (Phi) is 6.11. The van der Waals surface area contributed by atoms with Gasteiger partial charge in [0.1, 0.15) is 0 Å². The highest BCUT2D eigenvalue weighted by Crippen LogP contribution is 2.29. The Hall–Kier alpha value is -0.120. The van der Waals surface area contributed by atoms with Gasteiger partial charge in [0.2, 0.25) is 0 Å². The van der Waals surface area contributed by atoms with Gasteiger partial charge in [-0.3, -0.25) is 0 Å². The summed E-state index contributed by atoms with van der Waals surface area (Å²) in [5, 5.41) is 14.2. The average Bonchev–Trinajstić information content (AvgIpc) is 2.91. The Morgan fingerprint density at radius 2 is 1.84 bits per heavy atom. The molecule has 0 aromatic carbocycles. The normalized spacial score (nSPS) is 28.7. The van der Waals surface area contributed by atoms with Crippen LogP contribution < -0.4 is 5.32 Å². The fourth-order valence-corrected chi connectivity index (χ4v) is 3.65. The summed E-state index contributed by atoms with van der Waals surface area (Å²) in [4.78, 5) is 0. The Bertz CT molecular complexity index is 245. The van der Waals surface area contributed by atoms with E-state index in [-0.39, 0.29) is 18.2 Å². The SMILES string of the molecule is CC(C)N[C@@H](CC1CCCCC1)[C@@H](O)[C@@H]1CCCO1. The molecule has 0 radical (unpaired) electrons. The highest BCUT2D eigenvalue weighted by atomic mass is 16.5. The van der Waals surface area contributed by atoms with E-state index in [1.807, 2.05) is 0 Å². The van der Waals surface area contributed by atoms with Crippen LogP contribution in [0, 0.1) is 5.92 Å². The van der Waals surface area contributed by atoms with Gasteiger partial charge in [0.25, 0.3) is 0 Å². The van der Waals surface area contributed by atoms with Crippen LogP contribution in [0.5, 0.6) is 0 Å². The lowest BCUT2D eigenvalue weighted by molar-refractivity contribution is -0.0271. The van der Waals surface area contributed by atoms with E-state index in [1.54, 1.807) is 0 Å². The molecule has 19 heavy (non-hydrogen) atoms. The van der Waals surface area contributed by atoms with E-state index < -0.39 is 0 Å². The quantitative estimate of drug-likeness (QED) is 0.779. The van der Waals surface area contributed by atoms with Crippen LogP contribution in [0.1, 0.15) is 65.2 Å². The summed E-state index contributed by atoms with van der Waals surface area (Å²) in [6, 6.07) is 0.621. The number of hydrogen-bond acceptors (Lipinski definition) is 3. The second-order valence-corrected chi connectivity index (χ2v) is 6.71. The van der Waals surface area contributed by atoms with Crippen LogP contribution in [0.3, 0.4) is 0 Å². The van der Waals surface area contributed by atoms with E-state index in [0.717, 1.165) is 31.8 Å². The maximum absolute atomic E-state index is 10.6. The van der Waals surface area contributed by atoms with Gasteiger partial charge in [0, 0.05) is 18.7 Å². The zero-order chi connectivity index (χ0) is 13.7. The molecule has 1 saturated heterocycles. The van der Waals surface area contributed by atoms with Crippen LogP contribution in [0.25, 0.3) is 0 Å². The first kappa shape index (κ1) is 15.3. The second kappa shape index (κ2) is 7.61. The van der Waals surface area contributed by atoms with E-state index in [0.29, 0.717) is 6.04 Å². The third-order valence-corrected chi connectivity index (χ3v) is 4.62. The van der Waals surface area contributed by atoms with Crippen molar-refractivity contribution in [2.75, 3.05) is 6.61 Å². The summed E-state index contributed by atoms with van der Waals surface area (Å²) in [6.45, 7) is 5.14. The van der Waals surface area contributed by atoms with Crippen LogP contribution in [0.15, 0.2) is 0 Å². The van der Waals surface area contributed by atoms with Gasteiger partial charge in [-0.05, 0) is 25.2 Å². The minimum absolute atomic E-state index is 0.0554. The third kappa shape index (κ3) is 4.73. The first-order chi connectivity index (χ1) is 9.16. The maximum Gasteiger partial charge on any atom is 0.0954 e.